The van der Waals surface area contributed by atoms with E-state index in [9.17, 15) is 15.0 Å². The van der Waals surface area contributed by atoms with Crippen LogP contribution in [0.5, 0.6) is 11.5 Å². The molecule has 8 nitrogen and oxygen atoms in total. The van der Waals surface area contributed by atoms with E-state index in [1.807, 2.05) is 13.8 Å². The summed E-state index contributed by atoms with van der Waals surface area (Å²) in [5.41, 5.74) is 6.59. The predicted molar refractivity (Wildman–Crippen MR) is 92.5 cm³/mol. The average Bonchev–Trinajstić information content (AvgIpc) is 3.00. The van der Waals surface area contributed by atoms with E-state index in [2.05, 4.69) is 15.5 Å². The van der Waals surface area contributed by atoms with Crippen LogP contribution in [0.4, 0.5) is 0 Å². The zero-order valence-corrected chi connectivity index (χ0v) is 14.4. The molecule has 1 aromatic carbocycles. The van der Waals surface area contributed by atoms with Gasteiger partial charge in [-0.1, -0.05) is 13.8 Å². The van der Waals surface area contributed by atoms with Crippen LogP contribution in [0.15, 0.2) is 12.1 Å². The molecule has 0 atom stereocenters. The molecule has 5 N–H and O–H groups in total. The largest absolute Gasteiger partial charge is 0.508 e. The monoisotopic (exact) mass is 345 g/mol. The van der Waals surface area contributed by atoms with Crippen molar-refractivity contribution in [2.45, 2.75) is 38.6 Å². The maximum atomic E-state index is 11.8. The minimum Gasteiger partial charge on any atom is -0.508 e. The number of rotatable bonds is 4. The van der Waals surface area contributed by atoms with Crippen molar-refractivity contribution in [1.29, 1.82) is 0 Å². The van der Waals surface area contributed by atoms with Crippen LogP contribution in [0.2, 0.25) is 0 Å². The summed E-state index contributed by atoms with van der Waals surface area (Å²) in [4.78, 5) is 11.8. The van der Waals surface area contributed by atoms with Crippen molar-refractivity contribution in [2.24, 2.45) is 5.73 Å². The first-order valence-electron chi connectivity index (χ1n) is 8.41. The number of nitrogens with zero attached hydrogens (tertiary/aromatic N) is 3. The van der Waals surface area contributed by atoms with Gasteiger partial charge in [-0.2, -0.15) is 0 Å². The van der Waals surface area contributed by atoms with Gasteiger partial charge in [-0.3, -0.25) is 9.36 Å². The molecule has 2 heterocycles. The average molecular weight is 345 g/mol. The lowest BCUT2D eigenvalue weighted by molar-refractivity contribution is 0.0982. The Morgan fingerprint density at radius 3 is 2.52 bits per heavy atom. The number of amides is 1. The van der Waals surface area contributed by atoms with Crippen molar-refractivity contribution < 1.29 is 15.0 Å². The standard InChI is InChI=1S/C17H23N5O3/c1-9(2)11-7-12(14(24)8-13(11)23)16-20-21-17(15(18)25)22(16)10-3-5-19-6-4-10/h7-10,19,23-24H,3-6H2,1-2H3,(H2,18,25). The first kappa shape index (κ1) is 17.2. The molecule has 0 unspecified atom stereocenters. The van der Waals surface area contributed by atoms with E-state index in [0.29, 0.717) is 17.0 Å². The van der Waals surface area contributed by atoms with Gasteiger partial charge >= 0.3 is 0 Å². The first-order valence-corrected chi connectivity index (χ1v) is 8.41. The molecule has 1 amide bonds. The maximum Gasteiger partial charge on any atom is 0.286 e. The molecule has 0 saturated carbocycles. The molecular formula is C17H23N5O3. The fraction of sp³-hybridized carbons (Fsp3) is 0.471. The number of hydrogen-bond acceptors (Lipinski definition) is 6. The van der Waals surface area contributed by atoms with Gasteiger partial charge in [0.05, 0.1) is 5.56 Å². The highest BCUT2D eigenvalue weighted by molar-refractivity contribution is 5.90. The lowest BCUT2D eigenvalue weighted by Crippen LogP contribution is -2.32. The number of carbonyl (C=O) groups is 1. The highest BCUT2D eigenvalue weighted by Gasteiger charge is 2.27. The highest BCUT2D eigenvalue weighted by Crippen LogP contribution is 2.38. The van der Waals surface area contributed by atoms with Crippen LogP contribution in [0.25, 0.3) is 11.4 Å². The van der Waals surface area contributed by atoms with Gasteiger partial charge in [0.1, 0.15) is 11.5 Å². The third kappa shape index (κ3) is 3.17. The van der Waals surface area contributed by atoms with E-state index >= 15 is 0 Å². The molecule has 1 saturated heterocycles. The fourth-order valence-electron chi connectivity index (χ4n) is 3.29. The van der Waals surface area contributed by atoms with Crippen LogP contribution in [-0.2, 0) is 0 Å². The van der Waals surface area contributed by atoms with Crippen molar-refractivity contribution >= 4 is 5.91 Å². The Bertz CT molecular complexity index is 794. The van der Waals surface area contributed by atoms with E-state index in [1.54, 1.807) is 10.6 Å². The summed E-state index contributed by atoms with van der Waals surface area (Å²) in [6, 6.07) is 3.02. The number of hydrogen-bond donors (Lipinski definition) is 4. The number of nitrogens with two attached hydrogens (primary N) is 1. The molecule has 0 spiro atoms. The molecule has 134 valence electrons. The summed E-state index contributed by atoms with van der Waals surface area (Å²) in [6.07, 6.45) is 1.61. The van der Waals surface area contributed by atoms with E-state index in [4.69, 9.17) is 5.73 Å². The second-order valence-electron chi connectivity index (χ2n) is 6.65. The van der Waals surface area contributed by atoms with E-state index in [-0.39, 0.29) is 29.3 Å². The molecule has 0 aliphatic carbocycles. The summed E-state index contributed by atoms with van der Waals surface area (Å²) in [5.74, 6) is -0.203. The van der Waals surface area contributed by atoms with E-state index in [0.717, 1.165) is 25.9 Å². The molecule has 0 bridgehead atoms. The second kappa shape index (κ2) is 6.72. The number of piperidine rings is 1. The summed E-state index contributed by atoms with van der Waals surface area (Å²) in [7, 11) is 0. The summed E-state index contributed by atoms with van der Waals surface area (Å²) in [6.45, 7) is 5.53. The highest BCUT2D eigenvalue weighted by atomic mass is 16.3. The molecular weight excluding hydrogens is 322 g/mol. The molecule has 2 aromatic rings. The third-order valence-electron chi connectivity index (χ3n) is 4.60. The van der Waals surface area contributed by atoms with Crippen LogP contribution in [0.3, 0.4) is 0 Å². The predicted octanol–water partition coefficient (Wildman–Crippen LogP) is 1.50. The summed E-state index contributed by atoms with van der Waals surface area (Å²) in [5, 5.41) is 31.8. The van der Waals surface area contributed by atoms with Gasteiger partial charge in [-0.25, -0.2) is 0 Å². The molecule has 25 heavy (non-hydrogen) atoms. The quantitative estimate of drug-likeness (QED) is 0.665. The van der Waals surface area contributed by atoms with Gasteiger partial charge in [0.25, 0.3) is 5.91 Å². The Labute approximate surface area is 145 Å². The number of aromatic nitrogens is 3. The second-order valence-corrected chi connectivity index (χ2v) is 6.65. The van der Waals surface area contributed by atoms with Crippen LogP contribution in [0, 0.1) is 0 Å². The van der Waals surface area contributed by atoms with Crippen LogP contribution in [-0.4, -0.2) is 44.0 Å². The Kier molecular flexibility index (Phi) is 4.63. The zero-order valence-electron chi connectivity index (χ0n) is 14.4. The lowest BCUT2D eigenvalue weighted by Gasteiger charge is -2.26. The maximum absolute atomic E-state index is 11.8. The SMILES string of the molecule is CC(C)c1cc(-c2nnc(C(N)=O)n2C2CCNCC2)c(O)cc1O. The number of primary amides is 1. The Hall–Kier alpha value is -2.61. The van der Waals surface area contributed by atoms with Gasteiger partial charge in [0.15, 0.2) is 5.82 Å². The number of carbonyl (C=O) groups excluding carboxylic acids is 1. The van der Waals surface area contributed by atoms with Gasteiger partial charge in [0, 0.05) is 12.1 Å². The number of aromatic hydroxyl groups is 2. The van der Waals surface area contributed by atoms with Gasteiger partial charge in [0.2, 0.25) is 5.82 Å². The first-order chi connectivity index (χ1) is 11.9. The molecule has 8 heteroatoms. The van der Waals surface area contributed by atoms with Gasteiger partial charge in [-0.05, 0) is 43.5 Å². The Balaban J connectivity index is 2.17. The molecule has 1 aliphatic heterocycles. The number of benzene rings is 1. The van der Waals surface area contributed by atoms with Crippen molar-refractivity contribution in [2.75, 3.05) is 13.1 Å². The smallest absolute Gasteiger partial charge is 0.286 e. The lowest BCUT2D eigenvalue weighted by atomic mass is 9.98. The van der Waals surface area contributed by atoms with Crippen LogP contribution >= 0.6 is 0 Å². The van der Waals surface area contributed by atoms with Crippen molar-refractivity contribution in [3.63, 3.8) is 0 Å². The normalized spacial score (nSPS) is 15.6. The summed E-state index contributed by atoms with van der Waals surface area (Å²) < 4.78 is 1.72. The molecule has 1 aromatic heterocycles. The molecule has 1 fully saturated rings. The van der Waals surface area contributed by atoms with Crippen LogP contribution < -0.4 is 11.1 Å². The molecule has 1 aliphatic rings. The van der Waals surface area contributed by atoms with Gasteiger partial charge < -0.3 is 21.3 Å². The number of nitrogens with one attached hydrogen (secondary N) is 1. The molecule has 0 radical (unpaired) electrons. The van der Waals surface area contributed by atoms with Crippen LogP contribution in [0.1, 0.15) is 54.8 Å². The zero-order chi connectivity index (χ0) is 18.1. The number of phenolic OH excluding ortho intramolecular Hbond substituents is 2. The molecule has 3 rings (SSSR count). The Morgan fingerprint density at radius 2 is 1.92 bits per heavy atom. The fourth-order valence-corrected chi connectivity index (χ4v) is 3.29. The van der Waals surface area contributed by atoms with Gasteiger partial charge in [-0.15, -0.1) is 10.2 Å². The topological polar surface area (TPSA) is 126 Å². The van der Waals surface area contributed by atoms with Crippen molar-refractivity contribution in [1.82, 2.24) is 20.1 Å². The Morgan fingerprint density at radius 1 is 1.24 bits per heavy atom. The van der Waals surface area contributed by atoms with Crippen molar-refractivity contribution in [3.05, 3.63) is 23.5 Å². The minimum atomic E-state index is -0.653. The minimum absolute atomic E-state index is 0.0180. The van der Waals surface area contributed by atoms with E-state index in [1.165, 1.54) is 6.07 Å². The number of phenols is 2. The van der Waals surface area contributed by atoms with E-state index < -0.39 is 5.91 Å². The third-order valence-corrected chi connectivity index (χ3v) is 4.60. The van der Waals surface area contributed by atoms with Crippen molar-refractivity contribution in [3.8, 4) is 22.9 Å². The summed E-state index contributed by atoms with van der Waals surface area (Å²) >= 11 is 0.